The molecule has 0 aliphatic rings. The summed E-state index contributed by atoms with van der Waals surface area (Å²) in [5.41, 5.74) is 7.42. The lowest BCUT2D eigenvalue weighted by molar-refractivity contribution is 1.57. The van der Waals surface area contributed by atoms with Crippen molar-refractivity contribution in [1.29, 1.82) is 0 Å². The number of rotatable bonds is 4. The molecular formula is C37H26S. The lowest BCUT2D eigenvalue weighted by atomic mass is 9.89. The Morgan fingerprint density at radius 1 is 0.605 bits per heavy atom. The van der Waals surface area contributed by atoms with Crippen LogP contribution in [0.25, 0.3) is 70.6 Å². The fraction of sp³-hybridized carbons (Fsp3) is 0.0270. The lowest BCUT2D eigenvalue weighted by Crippen LogP contribution is -1.90. The van der Waals surface area contributed by atoms with Crippen LogP contribution in [0.1, 0.15) is 23.6 Å². The molecule has 6 aromatic carbocycles. The number of thiophene rings is 1. The predicted octanol–water partition coefficient (Wildman–Crippen LogP) is 11.2. The van der Waals surface area contributed by atoms with Gasteiger partial charge in [0, 0.05) is 20.2 Å². The standard InChI is InChI=1S/C37H26S/c1-3-27-29-14-4-5-15-30(29)31-16-6-7-17-32(31)35(27)22-24(2)25-12-10-13-26(23-25)28-19-11-20-34-33-18-8-9-21-36(33)38-37(28)34/h3-23H,1H2,2H3/b24-22+. The van der Waals surface area contributed by atoms with Crippen LogP contribution in [0.15, 0.2) is 122 Å². The predicted molar refractivity (Wildman–Crippen MR) is 170 cm³/mol. The molecule has 7 aromatic rings. The van der Waals surface area contributed by atoms with Gasteiger partial charge in [-0.25, -0.2) is 0 Å². The minimum Gasteiger partial charge on any atom is -0.135 e. The van der Waals surface area contributed by atoms with Gasteiger partial charge in [0.25, 0.3) is 0 Å². The molecular weight excluding hydrogens is 476 g/mol. The van der Waals surface area contributed by atoms with E-state index in [1.165, 1.54) is 75.1 Å². The zero-order chi connectivity index (χ0) is 25.6. The first-order chi connectivity index (χ1) is 18.7. The Morgan fingerprint density at radius 3 is 1.95 bits per heavy atom. The molecule has 0 atom stereocenters. The summed E-state index contributed by atoms with van der Waals surface area (Å²) in [7, 11) is 0. The highest BCUT2D eigenvalue weighted by atomic mass is 32.1. The third kappa shape index (κ3) is 3.59. The third-order valence-electron chi connectivity index (χ3n) is 7.61. The summed E-state index contributed by atoms with van der Waals surface area (Å²) in [6.07, 6.45) is 4.34. The van der Waals surface area contributed by atoms with Gasteiger partial charge in [-0.15, -0.1) is 11.3 Å². The summed E-state index contributed by atoms with van der Waals surface area (Å²) in [4.78, 5) is 0. The van der Waals surface area contributed by atoms with Crippen LogP contribution in [0.4, 0.5) is 0 Å². The Morgan fingerprint density at radius 2 is 1.21 bits per heavy atom. The minimum absolute atomic E-state index is 1.19. The van der Waals surface area contributed by atoms with Crippen LogP contribution in [0.2, 0.25) is 0 Å². The molecule has 1 aromatic heterocycles. The van der Waals surface area contributed by atoms with E-state index in [1.807, 2.05) is 17.4 Å². The van der Waals surface area contributed by atoms with Crippen LogP contribution in [-0.4, -0.2) is 0 Å². The molecule has 0 aliphatic heterocycles. The Bertz CT molecular complexity index is 2050. The highest BCUT2D eigenvalue weighted by Gasteiger charge is 2.13. The number of hydrogen-bond acceptors (Lipinski definition) is 1. The van der Waals surface area contributed by atoms with Gasteiger partial charge >= 0.3 is 0 Å². The van der Waals surface area contributed by atoms with E-state index < -0.39 is 0 Å². The number of fused-ring (bicyclic) bond motifs is 6. The highest BCUT2D eigenvalue weighted by Crippen LogP contribution is 2.41. The van der Waals surface area contributed by atoms with E-state index in [4.69, 9.17) is 0 Å². The maximum Gasteiger partial charge on any atom is 0.0433 e. The summed E-state index contributed by atoms with van der Waals surface area (Å²) < 4.78 is 2.68. The van der Waals surface area contributed by atoms with Gasteiger partial charge < -0.3 is 0 Å². The van der Waals surface area contributed by atoms with E-state index in [0.29, 0.717) is 0 Å². The molecule has 0 fully saturated rings. The maximum absolute atomic E-state index is 4.20. The molecule has 0 bridgehead atoms. The summed E-state index contributed by atoms with van der Waals surface area (Å²) in [6.45, 7) is 6.42. The van der Waals surface area contributed by atoms with Crippen LogP contribution >= 0.6 is 11.3 Å². The van der Waals surface area contributed by atoms with E-state index in [0.717, 1.165) is 0 Å². The number of allylic oxidation sites excluding steroid dienone is 1. The van der Waals surface area contributed by atoms with Gasteiger partial charge in [-0.05, 0) is 74.0 Å². The van der Waals surface area contributed by atoms with Crippen LogP contribution in [0.5, 0.6) is 0 Å². The van der Waals surface area contributed by atoms with Gasteiger partial charge in [-0.1, -0.05) is 122 Å². The molecule has 0 aliphatic carbocycles. The van der Waals surface area contributed by atoms with Crippen molar-refractivity contribution in [3.8, 4) is 11.1 Å². The Kier molecular flexibility index (Phi) is 5.46. The van der Waals surface area contributed by atoms with E-state index in [1.54, 1.807) is 0 Å². The van der Waals surface area contributed by atoms with Crippen LogP contribution in [-0.2, 0) is 0 Å². The van der Waals surface area contributed by atoms with Gasteiger partial charge in [0.1, 0.15) is 0 Å². The minimum atomic E-state index is 1.19. The first kappa shape index (κ1) is 22.7. The van der Waals surface area contributed by atoms with E-state index in [-0.39, 0.29) is 0 Å². The summed E-state index contributed by atoms with van der Waals surface area (Å²) in [5, 5.41) is 7.71. The molecule has 180 valence electrons. The Balaban J connectivity index is 1.41. The van der Waals surface area contributed by atoms with Crippen molar-refractivity contribution >= 4 is 70.8 Å². The SMILES string of the molecule is C=Cc1c(/C=C(\C)c2cccc(-c3cccc4c3sc3ccccc34)c2)c2ccccc2c2ccccc12. The molecule has 1 heteroatoms. The summed E-state index contributed by atoms with van der Waals surface area (Å²) in [5.74, 6) is 0. The van der Waals surface area contributed by atoms with Gasteiger partial charge in [0.05, 0.1) is 0 Å². The van der Waals surface area contributed by atoms with Crippen molar-refractivity contribution < 1.29 is 0 Å². The first-order valence-electron chi connectivity index (χ1n) is 13.0. The summed E-state index contributed by atoms with van der Waals surface area (Å²) >= 11 is 1.88. The average molecular weight is 503 g/mol. The van der Waals surface area contributed by atoms with Crippen molar-refractivity contribution in [2.24, 2.45) is 0 Å². The van der Waals surface area contributed by atoms with Crippen LogP contribution in [0.3, 0.4) is 0 Å². The molecule has 0 nitrogen and oxygen atoms in total. The molecule has 0 unspecified atom stereocenters. The third-order valence-corrected chi connectivity index (χ3v) is 8.83. The fourth-order valence-corrected chi connectivity index (χ4v) is 7.02. The molecule has 0 saturated carbocycles. The van der Waals surface area contributed by atoms with Crippen molar-refractivity contribution in [3.63, 3.8) is 0 Å². The zero-order valence-electron chi connectivity index (χ0n) is 21.2. The summed E-state index contributed by atoms with van der Waals surface area (Å²) in [6, 6.07) is 41.7. The van der Waals surface area contributed by atoms with Crippen molar-refractivity contribution in [2.45, 2.75) is 6.92 Å². The first-order valence-corrected chi connectivity index (χ1v) is 13.8. The molecule has 0 saturated heterocycles. The van der Waals surface area contributed by atoms with Crippen LogP contribution in [0, 0.1) is 0 Å². The average Bonchev–Trinajstić information content (AvgIpc) is 3.36. The number of hydrogen-bond donors (Lipinski definition) is 0. The van der Waals surface area contributed by atoms with Gasteiger partial charge in [0.2, 0.25) is 0 Å². The molecule has 7 rings (SSSR count). The van der Waals surface area contributed by atoms with Crippen molar-refractivity contribution in [1.82, 2.24) is 0 Å². The van der Waals surface area contributed by atoms with Gasteiger partial charge in [-0.3, -0.25) is 0 Å². The fourth-order valence-electron chi connectivity index (χ4n) is 5.78. The molecule has 38 heavy (non-hydrogen) atoms. The number of benzene rings is 6. The zero-order valence-corrected chi connectivity index (χ0v) is 22.1. The molecule has 1 heterocycles. The van der Waals surface area contributed by atoms with Crippen molar-refractivity contribution in [2.75, 3.05) is 0 Å². The van der Waals surface area contributed by atoms with E-state index in [2.05, 4.69) is 135 Å². The second-order valence-electron chi connectivity index (χ2n) is 9.81. The normalized spacial score (nSPS) is 12.1. The molecule has 0 spiro atoms. The second kappa shape index (κ2) is 9.13. The van der Waals surface area contributed by atoms with E-state index >= 15 is 0 Å². The van der Waals surface area contributed by atoms with Crippen molar-refractivity contribution in [3.05, 3.63) is 139 Å². The monoisotopic (exact) mass is 502 g/mol. The molecule has 0 N–H and O–H groups in total. The quantitative estimate of drug-likeness (QED) is 0.166. The Hall–Kier alpha value is -4.46. The largest absolute Gasteiger partial charge is 0.135 e. The van der Waals surface area contributed by atoms with Gasteiger partial charge in [0.15, 0.2) is 0 Å². The lowest BCUT2D eigenvalue weighted by Gasteiger charge is -2.14. The smallest absolute Gasteiger partial charge is 0.0433 e. The topological polar surface area (TPSA) is 0 Å². The van der Waals surface area contributed by atoms with Crippen LogP contribution < -0.4 is 0 Å². The van der Waals surface area contributed by atoms with Gasteiger partial charge in [-0.2, -0.15) is 0 Å². The maximum atomic E-state index is 4.20. The molecule has 0 amide bonds. The van der Waals surface area contributed by atoms with E-state index in [9.17, 15) is 0 Å². The highest BCUT2D eigenvalue weighted by molar-refractivity contribution is 7.26. The second-order valence-corrected chi connectivity index (χ2v) is 10.9. The Labute approximate surface area is 226 Å². The molecule has 0 radical (unpaired) electrons.